The van der Waals surface area contributed by atoms with Crippen LogP contribution in [0.3, 0.4) is 0 Å². The van der Waals surface area contributed by atoms with E-state index in [2.05, 4.69) is 45.0 Å². The minimum Gasteiger partial charge on any atom is -0.508 e. The number of thiocarbonyl (C=S) groups is 1. The van der Waals surface area contributed by atoms with Gasteiger partial charge in [-0.1, -0.05) is 23.8 Å². The van der Waals surface area contributed by atoms with Crippen LogP contribution in [0.2, 0.25) is 0 Å². The molecule has 194 valence electrons. The summed E-state index contributed by atoms with van der Waals surface area (Å²) in [5.41, 5.74) is 7.03. The number of phenolic OH excluding ortho intramolecular Hbond substituents is 1. The quantitative estimate of drug-likeness (QED) is 0.276. The van der Waals surface area contributed by atoms with Gasteiger partial charge in [-0.3, -0.25) is 9.78 Å². The molecule has 0 spiro atoms. The summed E-state index contributed by atoms with van der Waals surface area (Å²) < 4.78 is 2.17. The van der Waals surface area contributed by atoms with E-state index in [0.717, 1.165) is 39.6 Å². The van der Waals surface area contributed by atoms with E-state index in [9.17, 15) is 9.90 Å². The third-order valence-electron chi connectivity index (χ3n) is 7.01. The summed E-state index contributed by atoms with van der Waals surface area (Å²) in [4.78, 5) is 19.6. The van der Waals surface area contributed by atoms with Crippen molar-refractivity contribution in [3.05, 3.63) is 107 Å². The monoisotopic (exact) mass is 525 g/mol. The van der Waals surface area contributed by atoms with Gasteiger partial charge in [0.15, 0.2) is 5.11 Å². The van der Waals surface area contributed by atoms with Gasteiger partial charge < -0.3 is 25.2 Å². The average molecular weight is 526 g/mol. The fraction of sp³-hybridized carbons (Fsp3) is 0.233. The van der Waals surface area contributed by atoms with E-state index < -0.39 is 0 Å². The smallest absolute Gasteiger partial charge is 0.226 e. The Morgan fingerprint density at radius 3 is 2.47 bits per heavy atom. The van der Waals surface area contributed by atoms with Gasteiger partial charge in [-0.25, -0.2) is 0 Å². The molecule has 0 unspecified atom stereocenters. The van der Waals surface area contributed by atoms with Gasteiger partial charge in [-0.2, -0.15) is 0 Å². The second-order valence-corrected chi connectivity index (χ2v) is 10.0. The highest BCUT2D eigenvalue weighted by Crippen LogP contribution is 2.41. The molecule has 1 amide bonds. The van der Waals surface area contributed by atoms with Gasteiger partial charge in [0.1, 0.15) is 5.75 Å². The van der Waals surface area contributed by atoms with Crippen molar-refractivity contribution in [2.75, 3.05) is 11.9 Å². The number of hydrogen-bond donors (Lipinski definition) is 3. The molecule has 2 atom stereocenters. The van der Waals surface area contributed by atoms with Crippen molar-refractivity contribution in [1.82, 2.24) is 19.8 Å². The van der Waals surface area contributed by atoms with Gasteiger partial charge in [0.2, 0.25) is 5.91 Å². The van der Waals surface area contributed by atoms with Crippen LogP contribution in [0, 0.1) is 20.8 Å². The van der Waals surface area contributed by atoms with Crippen LogP contribution >= 0.6 is 12.2 Å². The molecule has 3 N–H and O–H groups in total. The molecule has 1 saturated heterocycles. The first kappa shape index (κ1) is 25.5. The van der Waals surface area contributed by atoms with Crippen LogP contribution < -0.4 is 10.6 Å². The highest BCUT2D eigenvalue weighted by Gasteiger charge is 2.41. The molecule has 4 aromatic rings. The predicted molar refractivity (Wildman–Crippen MR) is 153 cm³/mol. The van der Waals surface area contributed by atoms with Crippen LogP contribution in [0.5, 0.6) is 5.75 Å². The van der Waals surface area contributed by atoms with Crippen molar-refractivity contribution in [3.63, 3.8) is 0 Å². The number of benzene rings is 2. The van der Waals surface area contributed by atoms with E-state index in [1.54, 1.807) is 18.3 Å². The molecule has 0 radical (unpaired) electrons. The van der Waals surface area contributed by atoms with Gasteiger partial charge in [0.05, 0.1) is 17.8 Å². The zero-order valence-corrected chi connectivity index (χ0v) is 22.5. The maximum atomic E-state index is 12.9. The fourth-order valence-electron chi connectivity index (χ4n) is 5.15. The normalized spacial score (nSPS) is 16.9. The molecular weight excluding hydrogens is 494 g/mol. The highest BCUT2D eigenvalue weighted by molar-refractivity contribution is 7.80. The lowest BCUT2D eigenvalue weighted by Gasteiger charge is -2.28. The van der Waals surface area contributed by atoms with Crippen molar-refractivity contribution >= 4 is 28.9 Å². The topological polar surface area (TPSA) is 82.4 Å². The largest absolute Gasteiger partial charge is 0.508 e. The molecule has 1 aliphatic rings. The second-order valence-electron chi connectivity index (χ2n) is 9.66. The number of rotatable bonds is 7. The van der Waals surface area contributed by atoms with Crippen LogP contribution in [0.4, 0.5) is 5.69 Å². The predicted octanol–water partition coefficient (Wildman–Crippen LogP) is 5.50. The van der Waals surface area contributed by atoms with Crippen molar-refractivity contribution in [2.24, 2.45) is 0 Å². The number of phenols is 1. The number of anilines is 1. The van der Waals surface area contributed by atoms with Crippen molar-refractivity contribution in [3.8, 4) is 11.4 Å². The molecule has 0 aliphatic carbocycles. The van der Waals surface area contributed by atoms with Crippen LogP contribution in [0.15, 0.2) is 79.0 Å². The molecule has 2 aromatic heterocycles. The number of nitrogens with zero attached hydrogens (tertiary/aromatic N) is 3. The highest BCUT2D eigenvalue weighted by atomic mass is 32.1. The fourth-order valence-corrected chi connectivity index (χ4v) is 5.49. The molecule has 5 rings (SSSR count). The number of aryl methyl sites for hydroxylation is 2. The first-order valence-corrected chi connectivity index (χ1v) is 13.1. The summed E-state index contributed by atoms with van der Waals surface area (Å²) >= 11 is 5.80. The standard InChI is InChI=1S/C30H31N5O2S/c1-19-7-9-22(10-8-19)32-27(37)15-17-34-29(28(33-30(34)38)26-6-4-5-16-31-26)25-18-20(2)35(21(25)3)23-11-13-24(36)14-12-23/h4-14,16,18,28-29,36H,15,17H2,1-3H3,(H,32,37)(H,33,38)/t28-,29+/m0/s1. The zero-order valence-electron chi connectivity index (χ0n) is 21.7. The Balaban J connectivity index is 1.46. The summed E-state index contributed by atoms with van der Waals surface area (Å²) in [6, 6.07) is 22.7. The molecule has 1 aliphatic heterocycles. The van der Waals surface area contributed by atoms with E-state index in [4.69, 9.17) is 12.2 Å². The van der Waals surface area contributed by atoms with Gasteiger partial charge in [0, 0.05) is 41.9 Å². The molecule has 0 saturated carbocycles. The molecule has 3 heterocycles. The molecule has 7 nitrogen and oxygen atoms in total. The number of aromatic nitrogens is 2. The first-order chi connectivity index (χ1) is 18.3. The average Bonchev–Trinajstić information content (AvgIpc) is 3.39. The van der Waals surface area contributed by atoms with E-state index in [0.29, 0.717) is 11.7 Å². The van der Waals surface area contributed by atoms with Crippen molar-refractivity contribution < 1.29 is 9.90 Å². The number of carbonyl (C=O) groups excluding carboxylic acids is 1. The minimum atomic E-state index is -0.169. The Bertz CT molecular complexity index is 1450. The Labute approximate surface area is 228 Å². The van der Waals surface area contributed by atoms with Gasteiger partial charge in [-0.05, 0) is 93.1 Å². The van der Waals surface area contributed by atoms with E-state index in [-0.39, 0.29) is 30.2 Å². The summed E-state index contributed by atoms with van der Waals surface area (Å²) in [6.07, 6.45) is 2.08. The number of aromatic hydroxyl groups is 1. The summed E-state index contributed by atoms with van der Waals surface area (Å²) in [5, 5.41) is 16.8. The van der Waals surface area contributed by atoms with Gasteiger partial charge in [-0.15, -0.1) is 0 Å². The molecule has 38 heavy (non-hydrogen) atoms. The molecular formula is C30H31N5O2S. The van der Waals surface area contributed by atoms with E-state index in [1.165, 1.54) is 0 Å². The number of carbonyl (C=O) groups is 1. The number of amides is 1. The number of pyridine rings is 1. The summed E-state index contributed by atoms with van der Waals surface area (Å²) in [7, 11) is 0. The Hall–Kier alpha value is -4.17. The Morgan fingerprint density at radius 2 is 1.79 bits per heavy atom. The van der Waals surface area contributed by atoms with Gasteiger partial charge in [0.25, 0.3) is 0 Å². The zero-order chi connectivity index (χ0) is 26.8. The number of nitrogens with one attached hydrogen (secondary N) is 2. The van der Waals surface area contributed by atoms with Crippen molar-refractivity contribution in [1.29, 1.82) is 0 Å². The third-order valence-corrected chi connectivity index (χ3v) is 7.36. The van der Waals surface area contributed by atoms with Crippen LogP contribution in [0.1, 0.15) is 46.7 Å². The van der Waals surface area contributed by atoms with Crippen LogP contribution in [0.25, 0.3) is 5.69 Å². The number of hydrogen-bond acceptors (Lipinski definition) is 4. The van der Waals surface area contributed by atoms with Gasteiger partial charge >= 0.3 is 0 Å². The summed E-state index contributed by atoms with van der Waals surface area (Å²) in [6.45, 7) is 6.64. The summed E-state index contributed by atoms with van der Waals surface area (Å²) in [5.74, 6) is 0.165. The van der Waals surface area contributed by atoms with Crippen LogP contribution in [-0.2, 0) is 4.79 Å². The minimum absolute atomic E-state index is 0.0637. The molecule has 0 bridgehead atoms. The third kappa shape index (κ3) is 5.13. The van der Waals surface area contributed by atoms with E-state index >= 15 is 0 Å². The van der Waals surface area contributed by atoms with Crippen LogP contribution in [-0.4, -0.2) is 37.1 Å². The Morgan fingerprint density at radius 1 is 1.05 bits per heavy atom. The SMILES string of the molecule is Cc1ccc(NC(=O)CCN2C(=S)N[C@@H](c3ccccn3)[C@H]2c2cc(C)n(-c3ccc(O)cc3)c2C)cc1. The van der Waals surface area contributed by atoms with Crippen molar-refractivity contribution in [2.45, 2.75) is 39.3 Å². The lowest BCUT2D eigenvalue weighted by atomic mass is 9.96. The maximum absolute atomic E-state index is 12.9. The first-order valence-electron chi connectivity index (χ1n) is 12.6. The maximum Gasteiger partial charge on any atom is 0.226 e. The lowest BCUT2D eigenvalue weighted by molar-refractivity contribution is -0.116. The van der Waals surface area contributed by atoms with E-state index in [1.807, 2.05) is 61.5 Å². The molecule has 1 fully saturated rings. The Kier molecular flexibility index (Phi) is 7.15. The molecule has 2 aromatic carbocycles. The lowest BCUT2D eigenvalue weighted by Crippen LogP contribution is -2.32. The molecule has 8 heteroatoms. The second kappa shape index (κ2) is 10.7.